The minimum Gasteiger partial charge on any atom is -0.598 e. The molecule has 7 heteroatoms. The van der Waals surface area contributed by atoms with E-state index in [0.29, 0.717) is 13.1 Å². The first-order valence-electron chi connectivity index (χ1n) is 9.11. The topological polar surface area (TPSA) is 64.6 Å². The summed E-state index contributed by atoms with van der Waals surface area (Å²) < 4.78 is 22.0. The van der Waals surface area contributed by atoms with Crippen LogP contribution in [0.3, 0.4) is 0 Å². The molecular weight excluding hydrogens is 440 g/mol. The fraction of sp³-hybridized carbons (Fsp3) is 0.381. The third-order valence-electron chi connectivity index (χ3n) is 4.63. The predicted molar refractivity (Wildman–Crippen MR) is 115 cm³/mol. The predicted octanol–water partition coefficient (Wildman–Crippen LogP) is 4.35. The third-order valence-corrected chi connectivity index (χ3v) is 6.84. The van der Waals surface area contributed by atoms with Gasteiger partial charge in [0, 0.05) is 15.8 Å². The molecule has 0 saturated carbocycles. The van der Waals surface area contributed by atoms with E-state index in [4.69, 9.17) is 4.74 Å². The normalized spacial score (nSPS) is 17.0. The Bertz CT molecular complexity index is 803. The number of hydrogen-bond donors (Lipinski definition) is 1. The van der Waals surface area contributed by atoms with Crippen molar-refractivity contribution < 1.29 is 14.1 Å². The molecule has 1 aliphatic heterocycles. The van der Waals surface area contributed by atoms with Crippen LogP contribution >= 0.6 is 15.9 Å². The number of nitrogens with one attached hydrogen (secondary N) is 1. The summed E-state index contributed by atoms with van der Waals surface area (Å²) in [7, 11) is 0. The molecule has 3 rings (SSSR count). The van der Waals surface area contributed by atoms with E-state index in [1.807, 2.05) is 75.4 Å². The van der Waals surface area contributed by atoms with E-state index in [2.05, 4.69) is 20.7 Å². The number of hydrogen-bond acceptors (Lipinski definition) is 4. The van der Waals surface area contributed by atoms with Crippen molar-refractivity contribution >= 4 is 33.4 Å². The first kappa shape index (κ1) is 21.2. The van der Waals surface area contributed by atoms with Crippen LogP contribution in [0.1, 0.15) is 31.9 Å². The number of carbonyl (C=O) groups is 1. The number of nitrogens with zero attached hydrogens (tertiary/aromatic N) is 1. The number of ether oxygens (including phenoxy) is 1. The Morgan fingerprint density at radius 1 is 1.18 bits per heavy atom. The van der Waals surface area contributed by atoms with Gasteiger partial charge in [-0.1, -0.05) is 58.4 Å². The largest absolute Gasteiger partial charge is 0.598 e. The lowest BCUT2D eigenvalue weighted by atomic mass is 9.84. The Morgan fingerprint density at radius 3 is 2.36 bits per heavy atom. The quantitative estimate of drug-likeness (QED) is 0.667. The summed E-state index contributed by atoms with van der Waals surface area (Å²) in [5.74, 6) is 0. The van der Waals surface area contributed by atoms with Gasteiger partial charge >= 0.3 is 6.09 Å². The fourth-order valence-electron chi connectivity index (χ4n) is 2.95. The Labute approximate surface area is 177 Å². The molecule has 1 heterocycles. The maximum absolute atomic E-state index is 12.8. The van der Waals surface area contributed by atoms with Crippen LogP contribution in [0, 0.1) is 0 Å². The lowest BCUT2D eigenvalue weighted by Crippen LogP contribution is -2.70. The molecule has 0 bridgehead atoms. The molecule has 28 heavy (non-hydrogen) atoms. The van der Waals surface area contributed by atoms with E-state index in [1.165, 1.54) is 0 Å². The minimum atomic E-state index is -1.26. The van der Waals surface area contributed by atoms with Crippen molar-refractivity contribution in [2.24, 2.45) is 0 Å². The van der Waals surface area contributed by atoms with Crippen molar-refractivity contribution in [1.82, 2.24) is 9.62 Å². The molecule has 1 amide bonds. The van der Waals surface area contributed by atoms with Gasteiger partial charge in [0.15, 0.2) is 0 Å². The van der Waals surface area contributed by atoms with Crippen molar-refractivity contribution in [2.45, 2.75) is 37.7 Å². The Balaban J connectivity index is 1.69. The first-order chi connectivity index (χ1) is 13.2. The van der Waals surface area contributed by atoms with E-state index >= 15 is 0 Å². The fourth-order valence-corrected chi connectivity index (χ4v) is 4.12. The van der Waals surface area contributed by atoms with Gasteiger partial charge in [-0.3, -0.25) is 0 Å². The number of likely N-dealkylation sites (tertiary alicyclic amines) is 1. The van der Waals surface area contributed by atoms with Gasteiger partial charge < -0.3 is 14.2 Å². The van der Waals surface area contributed by atoms with Gasteiger partial charge in [-0.05, 0) is 44.0 Å². The second-order valence-corrected chi connectivity index (χ2v) is 10.9. The van der Waals surface area contributed by atoms with Gasteiger partial charge in [-0.15, -0.1) is 4.72 Å². The summed E-state index contributed by atoms with van der Waals surface area (Å²) in [6, 6.07) is 17.5. The molecule has 0 aromatic heterocycles. The highest BCUT2D eigenvalue weighted by Crippen LogP contribution is 2.35. The second kappa shape index (κ2) is 8.45. The summed E-state index contributed by atoms with van der Waals surface area (Å²) in [6.07, 6.45) is -0.361. The van der Waals surface area contributed by atoms with Crippen LogP contribution in [0.15, 0.2) is 59.1 Å². The molecule has 1 saturated heterocycles. The summed E-state index contributed by atoms with van der Waals surface area (Å²) in [4.78, 5) is 14.1. The average Bonchev–Trinajstić information content (AvgIpc) is 2.63. The summed E-state index contributed by atoms with van der Waals surface area (Å²) in [5.41, 5.74) is 1.40. The Morgan fingerprint density at radius 2 is 1.79 bits per heavy atom. The van der Waals surface area contributed by atoms with E-state index < -0.39 is 21.6 Å². The number of halogens is 1. The lowest BCUT2D eigenvalue weighted by molar-refractivity contribution is 0.0284. The Kier molecular flexibility index (Phi) is 6.39. The van der Waals surface area contributed by atoms with Crippen LogP contribution < -0.4 is 4.72 Å². The standard InChI is InChI=1S/C21H25BrN2O3S/c1-20(2,3)28(26)23-21(17-9-11-18(22)12-10-17)14-24(15-21)19(25)27-13-16-7-5-4-6-8-16/h4-12,23H,13-15H2,1-3H3/t28-/m0/s1. The van der Waals surface area contributed by atoms with Crippen LogP contribution in [0.25, 0.3) is 0 Å². The zero-order chi connectivity index (χ0) is 20.4. The highest BCUT2D eigenvalue weighted by molar-refractivity contribution is 9.10. The molecular formula is C21H25BrN2O3S. The van der Waals surface area contributed by atoms with E-state index in [-0.39, 0.29) is 12.7 Å². The van der Waals surface area contributed by atoms with Gasteiger partial charge in [0.25, 0.3) is 0 Å². The molecule has 1 N–H and O–H groups in total. The highest BCUT2D eigenvalue weighted by Gasteiger charge is 2.51. The number of amides is 1. The monoisotopic (exact) mass is 464 g/mol. The molecule has 2 aromatic rings. The van der Waals surface area contributed by atoms with E-state index in [9.17, 15) is 9.35 Å². The molecule has 2 aromatic carbocycles. The summed E-state index contributed by atoms with van der Waals surface area (Å²) >= 11 is 2.18. The van der Waals surface area contributed by atoms with E-state index in [0.717, 1.165) is 15.6 Å². The van der Waals surface area contributed by atoms with Gasteiger partial charge in [-0.25, -0.2) is 4.79 Å². The maximum atomic E-state index is 12.8. The summed E-state index contributed by atoms with van der Waals surface area (Å²) in [5, 5.41) is 0. The summed E-state index contributed by atoms with van der Waals surface area (Å²) in [6.45, 7) is 6.83. The van der Waals surface area contributed by atoms with Crippen molar-refractivity contribution in [3.63, 3.8) is 0 Å². The molecule has 0 aliphatic carbocycles. The molecule has 1 atom stereocenters. The molecule has 1 aliphatic rings. The van der Waals surface area contributed by atoms with Gasteiger partial charge in [0.1, 0.15) is 16.9 Å². The zero-order valence-corrected chi connectivity index (χ0v) is 18.7. The molecule has 0 unspecified atom stereocenters. The van der Waals surface area contributed by atoms with Gasteiger partial charge in [0.05, 0.1) is 13.1 Å². The number of benzene rings is 2. The van der Waals surface area contributed by atoms with Crippen LogP contribution in [0.5, 0.6) is 0 Å². The van der Waals surface area contributed by atoms with Crippen LogP contribution in [0.2, 0.25) is 0 Å². The average molecular weight is 465 g/mol. The third kappa shape index (κ3) is 4.89. The molecule has 150 valence electrons. The first-order valence-corrected chi connectivity index (χ1v) is 11.1. The molecule has 0 radical (unpaired) electrons. The molecule has 0 spiro atoms. The number of rotatable bonds is 5. The van der Waals surface area contributed by atoms with Gasteiger partial charge in [-0.2, -0.15) is 0 Å². The second-order valence-electron chi connectivity index (χ2n) is 7.97. The maximum Gasteiger partial charge on any atom is 0.410 e. The smallest absolute Gasteiger partial charge is 0.410 e. The van der Waals surface area contributed by atoms with Crippen LogP contribution in [-0.2, 0) is 28.2 Å². The van der Waals surface area contributed by atoms with Crippen molar-refractivity contribution in [1.29, 1.82) is 0 Å². The zero-order valence-electron chi connectivity index (χ0n) is 16.3. The highest BCUT2D eigenvalue weighted by atomic mass is 79.9. The van der Waals surface area contributed by atoms with Crippen molar-refractivity contribution in [2.75, 3.05) is 13.1 Å². The molecule has 1 fully saturated rings. The SMILES string of the molecule is CC(C)(C)[S@+]([O-])NC1(c2ccc(Br)cc2)CN(C(=O)OCc2ccccc2)C1. The number of carbonyl (C=O) groups excluding carboxylic acids is 1. The van der Waals surface area contributed by atoms with Crippen LogP contribution in [0.4, 0.5) is 4.79 Å². The van der Waals surface area contributed by atoms with Crippen LogP contribution in [-0.4, -0.2) is 33.4 Å². The Hall–Kier alpha value is -1.54. The van der Waals surface area contributed by atoms with Gasteiger partial charge in [0.2, 0.25) is 0 Å². The van der Waals surface area contributed by atoms with E-state index in [1.54, 1.807) is 4.90 Å². The van der Waals surface area contributed by atoms with Crippen molar-refractivity contribution in [3.8, 4) is 0 Å². The minimum absolute atomic E-state index is 0.239. The molecule has 5 nitrogen and oxygen atoms in total. The van der Waals surface area contributed by atoms with Crippen molar-refractivity contribution in [3.05, 3.63) is 70.2 Å². The lowest BCUT2D eigenvalue weighted by Gasteiger charge is -2.50.